The van der Waals surface area contributed by atoms with Gasteiger partial charge in [-0.3, -0.25) is 0 Å². The van der Waals surface area contributed by atoms with Gasteiger partial charge in [0.15, 0.2) is 11.5 Å². The smallest absolute Gasteiger partial charge is 0.203 e. The van der Waals surface area contributed by atoms with Crippen LogP contribution < -0.4 is 24.8 Å². The zero-order valence-electron chi connectivity index (χ0n) is 11.4. The second-order valence-electron chi connectivity index (χ2n) is 3.16. The number of nitrogens with one attached hydrogen (secondary N) is 2. The Morgan fingerprint density at radius 3 is 1.47 bits per heavy atom. The molecule has 1 aromatic carbocycles. The van der Waals surface area contributed by atoms with Gasteiger partial charge in [0, 0.05) is 24.9 Å². The van der Waals surface area contributed by atoms with E-state index < -0.39 is 0 Å². The minimum atomic E-state index is 0.606. The average Bonchev–Trinajstić information content (AvgIpc) is 2.37. The Labute approximate surface area is 103 Å². The third-order valence-corrected chi connectivity index (χ3v) is 1.95. The predicted molar refractivity (Wildman–Crippen MR) is 70.6 cm³/mol. The molecule has 0 saturated carbocycles. The van der Waals surface area contributed by atoms with Crippen LogP contribution in [-0.2, 0) is 0 Å². The van der Waals surface area contributed by atoms with Gasteiger partial charge in [0.05, 0.1) is 21.3 Å². The zero-order valence-corrected chi connectivity index (χ0v) is 11.4. The lowest BCUT2D eigenvalue weighted by molar-refractivity contribution is 0.324. The van der Waals surface area contributed by atoms with Crippen molar-refractivity contribution in [2.45, 2.75) is 0 Å². The van der Waals surface area contributed by atoms with E-state index in [1.165, 1.54) is 0 Å². The number of rotatable bonds is 4. The molecule has 0 bridgehead atoms. The summed E-state index contributed by atoms with van der Waals surface area (Å²) in [5.74, 6) is 1.90. The van der Waals surface area contributed by atoms with Crippen LogP contribution in [0.15, 0.2) is 12.1 Å². The molecule has 1 rings (SSSR count). The van der Waals surface area contributed by atoms with Crippen molar-refractivity contribution in [2.24, 2.45) is 0 Å². The van der Waals surface area contributed by atoms with E-state index in [0.717, 1.165) is 5.69 Å². The Balaban J connectivity index is 0.000000770. The summed E-state index contributed by atoms with van der Waals surface area (Å²) in [5.41, 5.74) is 0.916. The first-order chi connectivity index (χ1) is 8.18. The normalized spacial score (nSPS) is 8.82. The second-order valence-corrected chi connectivity index (χ2v) is 3.16. The minimum absolute atomic E-state index is 0.606. The molecule has 0 fully saturated rings. The molecule has 0 spiro atoms. The van der Waals surface area contributed by atoms with Gasteiger partial charge in [0.25, 0.3) is 0 Å². The molecule has 0 atom stereocenters. The average molecular weight is 242 g/mol. The number of hydrogen-bond acceptors (Lipinski definition) is 5. The molecule has 0 amide bonds. The molecule has 0 saturated heterocycles. The van der Waals surface area contributed by atoms with Gasteiger partial charge in [-0.1, -0.05) is 0 Å². The fraction of sp³-hybridized carbons (Fsp3) is 0.500. The zero-order chi connectivity index (χ0) is 13.3. The van der Waals surface area contributed by atoms with Crippen LogP contribution in [0.3, 0.4) is 0 Å². The van der Waals surface area contributed by atoms with Crippen LogP contribution >= 0.6 is 0 Å². The summed E-state index contributed by atoms with van der Waals surface area (Å²) in [7, 11) is 10.4. The van der Waals surface area contributed by atoms with Gasteiger partial charge in [0.2, 0.25) is 5.75 Å². The van der Waals surface area contributed by atoms with Crippen molar-refractivity contribution < 1.29 is 14.2 Å². The number of hydrogen-bond donors (Lipinski definition) is 2. The Morgan fingerprint density at radius 2 is 1.24 bits per heavy atom. The second kappa shape index (κ2) is 8.52. The molecule has 17 heavy (non-hydrogen) atoms. The van der Waals surface area contributed by atoms with Crippen molar-refractivity contribution in [1.29, 1.82) is 0 Å². The van der Waals surface area contributed by atoms with Crippen LogP contribution in [0, 0.1) is 0 Å². The summed E-state index contributed by atoms with van der Waals surface area (Å²) in [6.45, 7) is 0. The van der Waals surface area contributed by atoms with Crippen LogP contribution in [0.4, 0.5) is 5.69 Å². The molecule has 1 aromatic rings. The molecule has 0 aliphatic carbocycles. The quantitative estimate of drug-likeness (QED) is 0.839. The van der Waals surface area contributed by atoms with Crippen LogP contribution in [0.5, 0.6) is 17.2 Å². The highest BCUT2D eigenvalue weighted by atomic mass is 16.5. The minimum Gasteiger partial charge on any atom is -0.493 e. The molecule has 0 aliphatic rings. The number of methoxy groups -OCH3 is 3. The summed E-state index contributed by atoms with van der Waals surface area (Å²) >= 11 is 0. The Hall–Kier alpha value is -1.62. The van der Waals surface area contributed by atoms with Crippen LogP contribution in [0.25, 0.3) is 0 Å². The van der Waals surface area contributed by atoms with E-state index in [-0.39, 0.29) is 0 Å². The SMILES string of the molecule is CNC.CNc1cc(OC)c(OC)c(OC)c1. The maximum atomic E-state index is 5.18. The molecule has 0 heterocycles. The summed E-state index contributed by atoms with van der Waals surface area (Å²) in [4.78, 5) is 0. The maximum Gasteiger partial charge on any atom is 0.203 e. The lowest BCUT2D eigenvalue weighted by Gasteiger charge is -2.13. The third kappa shape index (κ3) is 4.40. The summed E-state index contributed by atoms with van der Waals surface area (Å²) in [5, 5.41) is 5.76. The van der Waals surface area contributed by atoms with Crippen molar-refractivity contribution in [2.75, 3.05) is 47.8 Å². The van der Waals surface area contributed by atoms with Crippen molar-refractivity contribution in [3.05, 3.63) is 12.1 Å². The largest absolute Gasteiger partial charge is 0.493 e. The highest BCUT2D eigenvalue weighted by Crippen LogP contribution is 2.39. The van der Waals surface area contributed by atoms with Crippen molar-refractivity contribution in [1.82, 2.24) is 5.32 Å². The van der Waals surface area contributed by atoms with Crippen molar-refractivity contribution in [3.8, 4) is 17.2 Å². The highest BCUT2D eigenvalue weighted by Gasteiger charge is 2.11. The van der Waals surface area contributed by atoms with E-state index >= 15 is 0 Å². The van der Waals surface area contributed by atoms with Crippen molar-refractivity contribution in [3.63, 3.8) is 0 Å². The van der Waals surface area contributed by atoms with E-state index in [2.05, 4.69) is 10.6 Å². The molecule has 2 N–H and O–H groups in total. The van der Waals surface area contributed by atoms with Gasteiger partial charge >= 0.3 is 0 Å². The van der Waals surface area contributed by atoms with Crippen LogP contribution in [0.1, 0.15) is 0 Å². The number of anilines is 1. The third-order valence-electron chi connectivity index (χ3n) is 1.95. The van der Waals surface area contributed by atoms with E-state index in [1.54, 1.807) is 21.3 Å². The summed E-state index contributed by atoms with van der Waals surface area (Å²) in [6, 6.07) is 3.70. The molecule has 98 valence electrons. The van der Waals surface area contributed by atoms with Crippen LogP contribution in [-0.4, -0.2) is 42.5 Å². The molecular formula is C12H22N2O3. The van der Waals surface area contributed by atoms with Gasteiger partial charge in [0.1, 0.15) is 0 Å². The molecule has 0 unspecified atom stereocenters. The fourth-order valence-electron chi connectivity index (χ4n) is 1.23. The molecule has 5 nitrogen and oxygen atoms in total. The first-order valence-electron chi connectivity index (χ1n) is 5.24. The molecule has 0 radical (unpaired) electrons. The van der Waals surface area contributed by atoms with E-state index in [0.29, 0.717) is 17.2 Å². The number of benzene rings is 1. The Bertz CT molecular complexity index is 305. The maximum absolute atomic E-state index is 5.18. The standard InChI is InChI=1S/C10H15NO3.C2H7N/c1-11-7-5-8(12-2)10(14-4)9(6-7)13-3;1-3-2/h5-6,11H,1-4H3;3H,1-2H3. The Morgan fingerprint density at radius 1 is 0.824 bits per heavy atom. The topological polar surface area (TPSA) is 51.8 Å². The summed E-state index contributed by atoms with van der Waals surface area (Å²) < 4.78 is 15.5. The van der Waals surface area contributed by atoms with E-state index in [1.807, 2.05) is 33.3 Å². The fourth-order valence-corrected chi connectivity index (χ4v) is 1.23. The van der Waals surface area contributed by atoms with E-state index in [9.17, 15) is 0 Å². The van der Waals surface area contributed by atoms with Gasteiger partial charge in [-0.25, -0.2) is 0 Å². The van der Waals surface area contributed by atoms with Gasteiger partial charge in [-0.2, -0.15) is 0 Å². The van der Waals surface area contributed by atoms with Gasteiger partial charge in [-0.05, 0) is 14.1 Å². The number of ether oxygens (including phenoxy) is 3. The van der Waals surface area contributed by atoms with E-state index in [4.69, 9.17) is 14.2 Å². The lowest BCUT2D eigenvalue weighted by Crippen LogP contribution is -1.97. The lowest BCUT2D eigenvalue weighted by atomic mass is 10.2. The molecule has 0 aromatic heterocycles. The first-order valence-corrected chi connectivity index (χ1v) is 5.24. The Kier molecular flexibility index (Phi) is 7.71. The van der Waals surface area contributed by atoms with Gasteiger partial charge in [-0.15, -0.1) is 0 Å². The monoisotopic (exact) mass is 242 g/mol. The molecular weight excluding hydrogens is 220 g/mol. The van der Waals surface area contributed by atoms with Crippen LogP contribution in [0.2, 0.25) is 0 Å². The highest BCUT2D eigenvalue weighted by molar-refractivity contribution is 5.62. The summed E-state index contributed by atoms with van der Waals surface area (Å²) in [6.07, 6.45) is 0. The molecule has 0 aliphatic heterocycles. The predicted octanol–water partition coefficient (Wildman–Crippen LogP) is 1.59. The first kappa shape index (κ1) is 15.4. The van der Waals surface area contributed by atoms with Gasteiger partial charge < -0.3 is 24.8 Å². The molecule has 5 heteroatoms. The van der Waals surface area contributed by atoms with Crippen molar-refractivity contribution >= 4 is 5.69 Å².